The minimum absolute atomic E-state index is 0.0280. The zero-order valence-corrected chi connectivity index (χ0v) is 15.1. The van der Waals surface area contributed by atoms with E-state index in [-0.39, 0.29) is 11.4 Å². The summed E-state index contributed by atoms with van der Waals surface area (Å²) >= 11 is 0. The van der Waals surface area contributed by atoms with Crippen LogP contribution in [-0.4, -0.2) is 27.0 Å². The van der Waals surface area contributed by atoms with Crippen LogP contribution >= 0.6 is 0 Å². The van der Waals surface area contributed by atoms with Gasteiger partial charge in [0.1, 0.15) is 5.82 Å². The second-order valence-electron chi connectivity index (χ2n) is 7.89. The van der Waals surface area contributed by atoms with Crippen LogP contribution in [0.4, 0.5) is 4.39 Å². The molecule has 138 valence electrons. The standard InChI is InChI=1S/C22H22FN3O/c23-19-5-4-17-9-18(14-25-12-15-3-6-20(25)8-15)22(27)26(21(17)10-19)13-16-2-1-7-24-11-16/h1-2,4-5,7,9-11,15,20H,3,6,8,12-14H2. The summed E-state index contributed by atoms with van der Waals surface area (Å²) < 4.78 is 15.6. The summed E-state index contributed by atoms with van der Waals surface area (Å²) in [5.74, 6) is 0.466. The summed E-state index contributed by atoms with van der Waals surface area (Å²) in [7, 11) is 0. The zero-order valence-electron chi connectivity index (χ0n) is 15.1. The number of hydrogen-bond donors (Lipinski definition) is 0. The quantitative estimate of drug-likeness (QED) is 0.711. The van der Waals surface area contributed by atoms with Crippen molar-refractivity contribution in [3.8, 4) is 0 Å². The van der Waals surface area contributed by atoms with Gasteiger partial charge in [-0.3, -0.25) is 14.7 Å². The third kappa shape index (κ3) is 3.06. The first-order valence-electron chi connectivity index (χ1n) is 9.62. The van der Waals surface area contributed by atoms with Crippen molar-refractivity contribution in [2.75, 3.05) is 6.54 Å². The molecule has 2 unspecified atom stereocenters. The molecule has 2 aromatic heterocycles. The number of aromatic nitrogens is 2. The SMILES string of the molecule is O=c1c(CN2CC3CCC2C3)cc2ccc(F)cc2n1Cc1cccnc1. The zero-order chi connectivity index (χ0) is 18.4. The first-order chi connectivity index (χ1) is 13.2. The van der Waals surface area contributed by atoms with E-state index < -0.39 is 0 Å². The highest BCUT2D eigenvalue weighted by Gasteiger charge is 2.37. The molecule has 3 heterocycles. The molecular weight excluding hydrogens is 341 g/mol. The van der Waals surface area contributed by atoms with Crippen LogP contribution in [0.5, 0.6) is 0 Å². The molecule has 0 spiro atoms. The van der Waals surface area contributed by atoms with Crippen LogP contribution in [0, 0.1) is 11.7 Å². The molecule has 1 aliphatic heterocycles. The van der Waals surface area contributed by atoms with E-state index in [9.17, 15) is 9.18 Å². The van der Waals surface area contributed by atoms with Crippen molar-refractivity contribution in [3.05, 3.63) is 76.1 Å². The molecule has 4 nitrogen and oxygen atoms in total. The van der Waals surface area contributed by atoms with E-state index in [4.69, 9.17) is 0 Å². The molecular formula is C22H22FN3O. The Labute approximate surface area is 157 Å². The number of pyridine rings is 2. The number of piperidine rings is 1. The Bertz CT molecular complexity index is 1050. The number of hydrogen-bond acceptors (Lipinski definition) is 3. The monoisotopic (exact) mass is 363 g/mol. The maximum absolute atomic E-state index is 13.9. The Morgan fingerprint density at radius 1 is 1.15 bits per heavy atom. The van der Waals surface area contributed by atoms with Gasteiger partial charge in [-0.05, 0) is 66.5 Å². The first-order valence-corrected chi connectivity index (χ1v) is 9.62. The van der Waals surface area contributed by atoms with Gasteiger partial charge in [0.2, 0.25) is 0 Å². The molecule has 2 fully saturated rings. The number of nitrogens with zero attached hydrogens (tertiary/aromatic N) is 3. The van der Waals surface area contributed by atoms with E-state index in [0.29, 0.717) is 24.6 Å². The number of halogens is 1. The predicted octanol–water partition coefficient (Wildman–Crippen LogP) is 3.57. The van der Waals surface area contributed by atoms with Crippen LogP contribution in [0.2, 0.25) is 0 Å². The van der Waals surface area contributed by atoms with Crippen molar-refractivity contribution in [1.82, 2.24) is 14.5 Å². The Morgan fingerprint density at radius 3 is 2.81 bits per heavy atom. The fourth-order valence-corrected chi connectivity index (χ4v) is 4.79. The Balaban J connectivity index is 1.58. The van der Waals surface area contributed by atoms with Gasteiger partial charge >= 0.3 is 0 Å². The lowest BCUT2D eigenvalue weighted by atomic mass is 10.1. The molecule has 1 aromatic carbocycles. The van der Waals surface area contributed by atoms with Crippen LogP contribution < -0.4 is 5.56 Å². The topological polar surface area (TPSA) is 38.1 Å². The summed E-state index contributed by atoms with van der Waals surface area (Å²) in [6, 6.07) is 11.0. The Hall–Kier alpha value is -2.53. The maximum Gasteiger partial charge on any atom is 0.255 e. The third-order valence-corrected chi connectivity index (χ3v) is 6.09. The first kappa shape index (κ1) is 16.6. The van der Waals surface area contributed by atoms with Crippen LogP contribution in [0.3, 0.4) is 0 Å². The van der Waals surface area contributed by atoms with Crippen molar-refractivity contribution in [2.24, 2.45) is 5.92 Å². The number of likely N-dealkylation sites (tertiary alicyclic amines) is 1. The van der Waals surface area contributed by atoms with Gasteiger partial charge in [-0.25, -0.2) is 4.39 Å². The van der Waals surface area contributed by atoms with Gasteiger partial charge in [-0.15, -0.1) is 0 Å². The number of benzene rings is 1. The van der Waals surface area contributed by atoms with Gasteiger partial charge in [-0.1, -0.05) is 6.07 Å². The van der Waals surface area contributed by atoms with Gasteiger partial charge in [0.05, 0.1) is 12.1 Å². The molecule has 0 N–H and O–H groups in total. The summed E-state index contributed by atoms with van der Waals surface area (Å²) in [5, 5.41) is 0.902. The van der Waals surface area contributed by atoms with E-state index in [1.165, 1.54) is 31.4 Å². The van der Waals surface area contributed by atoms with E-state index in [2.05, 4.69) is 9.88 Å². The summed E-state index contributed by atoms with van der Waals surface area (Å²) in [5.41, 5.74) is 2.34. The molecule has 2 aliphatic rings. The van der Waals surface area contributed by atoms with Crippen LogP contribution in [0.15, 0.2) is 53.6 Å². The molecule has 0 radical (unpaired) electrons. The summed E-state index contributed by atoms with van der Waals surface area (Å²) in [4.78, 5) is 19.9. The molecule has 5 heteroatoms. The van der Waals surface area contributed by atoms with Gasteiger partial charge in [0.25, 0.3) is 5.56 Å². The normalized spacial score (nSPS) is 22.0. The Kier molecular flexibility index (Phi) is 4.05. The summed E-state index contributed by atoms with van der Waals surface area (Å²) in [6.07, 6.45) is 7.30. The largest absolute Gasteiger partial charge is 0.303 e. The molecule has 3 aromatic rings. The van der Waals surface area contributed by atoms with Crippen molar-refractivity contribution < 1.29 is 4.39 Å². The lowest BCUT2D eigenvalue weighted by Gasteiger charge is -2.27. The summed E-state index contributed by atoms with van der Waals surface area (Å²) in [6.45, 7) is 2.17. The van der Waals surface area contributed by atoms with Crippen LogP contribution in [0.25, 0.3) is 10.9 Å². The molecule has 2 atom stereocenters. The predicted molar refractivity (Wildman–Crippen MR) is 103 cm³/mol. The van der Waals surface area contributed by atoms with Crippen LogP contribution in [0.1, 0.15) is 30.4 Å². The van der Waals surface area contributed by atoms with Gasteiger partial charge in [0, 0.05) is 37.1 Å². The number of fused-ring (bicyclic) bond motifs is 3. The average Bonchev–Trinajstić information content (AvgIpc) is 3.29. The maximum atomic E-state index is 13.9. The molecule has 2 bridgehead atoms. The van der Waals surface area contributed by atoms with E-state index in [1.807, 2.05) is 18.2 Å². The van der Waals surface area contributed by atoms with E-state index >= 15 is 0 Å². The van der Waals surface area contributed by atoms with Gasteiger partial charge in [-0.2, -0.15) is 0 Å². The van der Waals surface area contributed by atoms with E-state index in [1.54, 1.807) is 23.0 Å². The van der Waals surface area contributed by atoms with Crippen molar-refractivity contribution >= 4 is 10.9 Å². The van der Waals surface area contributed by atoms with Crippen molar-refractivity contribution in [1.29, 1.82) is 0 Å². The number of rotatable bonds is 4. The second-order valence-corrected chi connectivity index (χ2v) is 7.89. The minimum atomic E-state index is -0.327. The molecule has 0 amide bonds. The Morgan fingerprint density at radius 2 is 2.07 bits per heavy atom. The van der Waals surface area contributed by atoms with Crippen molar-refractivity contribution in [3.63, 3.8) is 0 Å². The second kappa shape index (κ2) is 6.57. The lowest BCUT2D eigenvalue weighted by molar-refractivity contribution is 0.204. The molecule has 27 heavy (non-hydrogen) atoms. The fraction of sp³-hybridized carbons (Fsp3) is 0.364. The van der Waals surface area contributed by atoms with Gasteiger partial charge in [0.15, 0.2) is 0 Å². The smallest absolute Gasteiger partial charge is 0.255 e. The molecule has 1 saturated heterocycles. The van der Waals surface area contributed by atoms with E-state index in [0.717, 1.165) is 29.0 Å². The molecule has 5 rings (SSSR count). The highest BCUT2D eigenvalue weighted by atomic mass is 19.1. The highest BCUT2D eigenvalue weighted by Crippen LogP contribution is 2.38. The highest BCUT2D eigenvalue weighted by molar-refractivity contribution is 5.79. The average molecular weight is 363 g/mol. The van der Waals surface area contributed by atoms with Crippen LogP contribution in [-0.2, 0) is 13.1 Å². The minimum Gasteiger partial charge on any atom is -0.303 e. The van der Waals surface area contributed by atoms with Gasteiger partial charge < -0.3 is 4.57 Å². The molecule has 1 aliphatic carbocycles. The fourth-order valence-electron chi connectivity index (χ4n) is 4.79. The third-order valence-electron chi connectivity index (χ3n) is 6.09. The molecule has 1 saturated carbocycles. The van der Waals surface area contributed by atoms with Crippen molar-refractivity contribution in [2.45, 2.75) is 38.4 Å². The lowest BCUT2D eigenvalue weighted by Crippen LogP contribution is -2.35.